The first-order chi connectivity index (χ1) is 8.58. The molecule has 2 N–H and O–H groups in total. The van der Waals surface area contributed by atoms with Gasteiger partial charge in [0.05, 0.1) is 0 Å². The lowest BCUT2D eigenvalue weighted by atomic mass is 10.1. The van der Waals surface area contributed by atoms with Gasteiger partial charge in [0.25, 0.3) is 0 Å². The van der Waals surface area contributed by atoms with Gasteiger partial charge < -0.3 is 4.90 Å². The summed E-state index contributed by atoms with van der Waals surface area (Å²) in [6.45, 7) is 4.93. The van der Waals surface area contributed by atoms with Gasteiger partial charge in [-0.05, 0) is 30.5 Å². The standard InChI is InChI=1S/C12H18N2O3S/c1-3-6-14(9-15)12-5-4-11(7-10(12)2)8-13-18(16)17/h4-5,7,9,13H,3,6,8H2,1-2H3,(H,16,17). The largest absolute Gasteiger partial charge is 0.315 e. The minimum atomic E-state index is -2.01. The molecule has 0 aliphatic carbocycles. The van der Waals surface area contributed by atoms with E-state index in [1.807, 2.05) is 32.0 Å². The molecular formula is C12H18N2O3S. The van der Waals surface area contributed by atoms with Crippen molar-refractivity contribution >= 4 is 23.4 Å². The van der Waals surface area contributed by atoms with Crippen LogP contribution >= 0.6 is 0 Å². The van der Waals surface area contributed by atoms with E-state index in [1.54, 1.807) is 4.90 Å². The summed E-state index contributed by atoms with van der Waals surface area (Å²) in [7, 11) is 0. The molecule has 0 heterocycles. The zero-order valence-electron chi connectivity index (χ0n) is 10.5. The molecule has 18 heavy (non-hydrogen) atoms. The van der Waals surface area contributed by atoms with Crippen LogP contribution in [0.2, 0.25) is 0 Å². The van der Waals surface area contributed by atoms with Crippen LogP contribution in [0.1, 0.15) is 24.5 Å². The Bertz CT molecular complexity index is 437. The van der Waals surface area contributed by atoms with E-state index in [0.717, 1.165) is 29.6 Å². The monoisotopic (exact) mass is 270 g/mol. The van der Waals surface area contributed by atoms with Crippen molar-refractivity contribution in [3.05, 3.63) is 29.3 Å². The summed E-state index contributed by atoms with van der Waals surface area (Å²) < 4.78 is 21.6. The smallest absolute Gasteiger partial charge is 0.232 e. The minimum absolute atomic E-state index is 0.319. The Hall–Kier alpha value is -1.24. The number of nitrogens with zero attached hydrogens (tertiary/aromatic N) is 1. The van der Waals surface area contributed by atoms with Gasteiger partial charge in [-0.15, -0.1) is 0 Å². The van der Waals surface area contributed by atoms with Crippen LogP contribution in [0.25, 0.3) is 0 Å². The lowest BCUT2D eigenvalue weighted by Crippen LogP contribution is -2.23. The van der Waals surface area contributed by atoms with Crippen molar-refractivity contribution in [2.24, 2.45) is 0 Å². The zero-order valence-corrected chi connectivity index (χ0v) is 11.4. The predicted molar refractivity (Wildman–Crippen MR) is 72.5 cm³/mol. The number of aryl methyl sites for hydroxylation is 1. The molecule has 0 radical (unpaired) electrons. The van der Waals surface area contributed by atoms with E-state index in [0.29, 0.717) is 13.1 Å². The third-order valence-electron chi connectivity index (χ3n) is 2.56. The molecule has 0 aliphatic rings. The van der Waals surface area contributed by atoms with E-state index in [9.17, 15) is 9.00 Å². The van der Waals surface area contributed by atoms with Gasteiger partial charge in [0.2, 0.25) is 17.7 Å². The molecule has 1 aromatic carbocycles. The third-order valence-corrected chi connectivity index (χ3v) is 2.95. The number of anilines is 1. The highest BCUT2D eigenvalue weighted by molar-refractivity contribution is 7.77. The van der Waals surface area contributed by atoms with Crippen molar-refractivity contribution in [3.63, 3.8) is 0 Å². The van der Waals surface area contributed by atoms with Gasteiger partial charge in [-0.1, -0.05) is 19.1 Å². The average molecular weight is 270 g/mol. The maximum absolute atomic E-state index is 11.0. The molecule has 0 saturated carbocycles. The second kappa shape index (κ2) is 7.25. The van der Waals surface area contributed by atoms with E-state index < -0.39 is 11.3 Å². The normalized spacial score (nSPS) is 12.2. The van der Waals surface area contributed by atoms with Crippen molar-refractivity contribution in [1.82, 2.24) is 4.72 Å². The summed E-state index contributed by atoms with van der Waals surface area (Å²) in [5.41, 5.74) is 2.75. The molecular weight excluding hydrogens is 252 g/mol. The van der Waals surface area contributed by atoms with Crippen molar-refractivity contribution in [3.8, 4) is 0 Å². The fraction of sp³-hybridized carbons (Fsp3) is 0.417. The SMILES string of the molecule is CCCN(C=O)c1ccc(CNS(=O)O)cc1C. The van der Waals surface area contributed by atoms with Gasteiger partial charge in [-0.25, -0.2) is 8.93 Å². The van der Waals surface area contributed by atoms with Crippen LogP contribution in [0.15, 0.2) is 18.2 Å². The van der Waals surface area contributed by atoms with Gasteiger partial charge >= 0.3 is 0 Å². The van der Waals surface area contributed by atoms with Gasteiger partial charge in [0.1, 0.15) is 0 Å². The Morgan fingerprint density at radius 3 is 2.72 bits per heavy atom. The number of nitrogens with one attached hydrogen (secondary N) is 1. The molecule has 1 amide bonds. The topological polar surface area (TPSA) is 69.6 Å². The van der Waals surface area contributed by atoms with Crippen LogP contribution in [0.4, 0.5) is 5.69 Å². The highest BCUT2D eigenvalue weighted by Crippen LogP contribution is 2.20. The molecule has 0 aliphatic heterocycles. The Morgan fingerprint density at radius 2 is 2.22 bits per heavy atom. The first-order valence-corrected chi connectivity index (χ1v) is 6.85. The summed E-state index contributed by atoms with van der Waals surface area (Å²) in [6, 6.07) is 5.60. The lowest BCUT2D eigenvalue weighted by Gasteiger charge is -2.19. The quantitative estimate of drug-likeness (QED) is 0.584. The maximum atomic E-state index is 11.0. The summed E-state index contributed by atoms with van der Waals surface area (Å²) in [6.07, 6.45) is 1.72. The average Bonchev–Trinajstić information content (AvgIpc) is 2.34. The van der Waals surface area contributed by atoms with E-state index >= 15 is 0 Å². The van der Waals surface area contributed by atoms with Crippen LogP contribution in [0.5, 0.6) is 0 Å². The Labute approximate surface area is 110 Å². The number of hydrogen-bond acceptors (Lipinski definition) is 2. The number of rotatable bonds is 7. The van der Waals surface area contributed by atoms with E-state index in [1.165, 1.54) is 0 Å². The summed E-state index contributed by atoms with van der Waals surface area (Å²) in [4.78, 5) is 12.7. The summed E-state index contributed by atoms with van der Waals surface area (Å²) in [5, 5.41) is 0. The molecule has 1 rings (SSSR count). The first kappa shape index (κ1) is 14.8. The zero-order chi connectivity index (χ0) is 13.5. The van der Waals surface area contributed by atoms with Gasteiger partial charge in [-0.3, -0.25) is 9.35 Å². The van der Waals surface area contributed by atoms with Crippen molar-refractivity contribution < 1.29 is 13.6 Å². The van der Waals surface area contributed by atoms with Crippen LogP contribution < -0.4 is 9.62 Å². The van der Waals surface area contributed by atoms with Crippen molar-refractivity contribution in [2.45, 2.75) is 26.8 Å². The van der Waals surface area contributed by atoms with Crippen molar-refractivity contribution in [1.29, 1.82) is 0 Å². The van der Waals surface area contributed by atoms with Crippen LogP contribution in [-0.2, 0) is 22.6 Å². The molecule has 1 unspecified atom stereocenters. The fourth-order valence-electron chi connectivity index (χ4n) is 1.77. The molecule has 5 nitrogen and oxygen atoms in total. The second-order valence-corrected chi connectivity index (χ2v) is 4.78. The number of amides is 1. The third kappa shape index (κ3) is 4.21. The molecule has 0 bridgehead atoms. The van der Waals surface area contributed by atoms with E-state index in [-0.39, 0.29) is 0 Å². The van der Waals surface area contributed by atoms with E-state index in [2.05, 4.69) is 4.72 Å². The number of hydrogen-bond donors (Lipinski definition) is 2. The van der Waals surface area contributed by atoms with Gasteiger partial charge in [0, 0.05) is 18.8 Å². The Balaban J connectivity index is 2.84. The number of carbonyl (C=O) groups is 1. The number of benzene rings is 1. The van der Waals surface area contributed by atoms with Gasteiger partial charge in [0.15, 0.2) is 0 Å². The van der Waals surface area contributed by atoms with Crippen LogP contribution in [0.3, 0.4) is 0 Å². The van der Waals surface area contributed by atoms with Crippen LogP contribution in [-0.4, -0.2) is 21.7 Å². The summed E-state index contributed by atoms with van der Waals surface area (Å²) >= 11 is -2.01. The Morgan fingerprint density at radius 1 is 1.50 bits per heavy atom. The second-order valence-electron chi connectivity index (χ2n) is 3.99. The first-order valence-electron chi connectivity index (χ1n) is 5.74. The lowest BCUT2D eigenvalue weighted by molar-refractivity contribution is -0.107. The predicted octanol–water partition coefficient (Wildman–Crippen LogP) is 1.59. The van der Waals surface area contributed by atoms with Crippen LogP contribution in [0, 0.1) is 6.92 Å². The minimum Gasteiger partial charge on any atom is -0.315 e. The number of carbonyl (C=O) groups excluding carboxylic acids is 1. The molecule has 1 aromatic rings. The van der Waals surface area contributed by atoms with Crippen molar-refractivity contribution in [2.75, 3.05) is 11.4 Å². The molecule has 0 fully saturated rings. The molecule has 0 spiro atoms. The molecule has 100 valence electrons. The summed E-state index contributed by atoms with van der Waals surface area (Å²) in [5.74, 6) is 0. The highest BCUT2D eigenvalue weighted by Gasteiger charge is 2.08. The van der Waals surface area contributed by atoms with Gasteiger partial charge in [-0.2, -0.15) is 0 Å². The molecule has 1 atom stereocenters. The molecule has 0 saturated heterocycles. The molecule has 6 heteroatoms. The Kier molecular flexibility index (Phi) is 5.97. The van der Waals surface area contributed by atoms with E-state index in [4.69, 9.17) is 4.55 Å². The molecule has 0 aromatic heterocycles. The fourth-order valence-corrected chi connectivity index (χ4v) is 2.06. The maximum Gasteiger partial charge on any atom is 0.232 e. The highest BCUT2D eigenvalue weighted by atomic mass is 32.2.